The van der Waals surface area contributed by atoms with E-state index in [2.05, 4.69) is 43.4 Å². The molecule has 0 spiro atoms. The second-order valence-corrected chi connectivity index (χ2v) is 6.62. The fourth-order valence-corrected chi connectivity index (χ4v) is 4.21. The molecule has 0 aliphatic heterocycles. The highest BCUT2D eigenvalue weighted by molar-refractivity contribution is 8.00. The van der Waals surface area contributed by atoms with E-state index in [-0.39, 0.29) is 0 Å². The molecule has 0 heterocycles. The van der Waals surface area contributed by atoms with Crippen molar-refractivity contribution in [3.05, 3.63) is 35.4 Å². The molecule has 2 nitrogen and oxygen atoms in total. The third kappa shape index (κ3) is 3.08. The lowest BCUT2D eigenvalue weighted by atomic mass is 10.1. The van der Waals surface area contributed by atoms with Gasteiger partial charge in [0.05, 0.1) is 0 Å². The number of nitrogens with one attached hydrogen (secondary N) is 1. The zero-order chi connectivity index (χ0) is 13.0. The molecule has 0 fully saturated rings. The van der Waals surface area contributed by atoms with Crippen molar-refractivity contribution in [2.75, 3.05) is 13.2 Å². The van der Waals surface area contributed by atoms with E-state index in [4.69, 9.17) is 5.11 Å². The molecule has 1 aliphatic rings. The molecule has 3 unspecified atom stereocenters. The van der Waals surface area contributed by atoms with Crippen LogP contribution in [-0.2, 0) is 6.42 Å². The Kier molecular flexibility index (Phi) is 5.10. The molecule has 18 heavy (non-hydrogen) atoms. The van der Waals surface area contributed by atoms with Gasteiger partial charge in [0, 0.05) is 23.1 Å². The van der Waals surface area contributed by atoms with Crippen molar-refractivity contribution in [1.29, 1.82) is 0 Å². The van der Waals surface area contributed by atoms with Gasteiger partial charge in [-0.05, 0) is 30.5 Å². The summed E-state index contributed by atoms with van der Waals surface area (Å²) in [5.74, 6) is 0. The van der Waals surface area contributed by atoms with Crippen LogP contribution in [0.4, 0.5) is 0 Å². The lowest BCUT2D eigenvalue weighted by Crippen LogP contribution is -2.28. The molecule has 1 aliphatic carbocycles. The van der Waals surface area contributed by atoms with E-state index in [0.717, 1.165) is 19.4 Å². The van der Waals surface area contributed by atoms with E-state index in [1.807, 2.05) is 11.8 Å². The van der Waals surface area contributed by atoms with Crippen molar-refractivity contribution in [2.24, 2.45) is 0 Å². The first-order valence-corrected chi connectivity index (χ1v) is 7.78. The zero-order valence-corrected chi connectivity index (χ0v) is 12.0. The molecule has 1 aromatic carbocycles. The van der Waals surface area contributed by atoms with E-state index >= 15 is 0 Å². The number of aliphatic hydroxyl groups is 1. The monoisotopic (exact) mass is 265 g/mol. The molecule has 100 valence electrons. The highest BCUT2D eigenvalue weighted by Gasteiger charge is 2.32. The van der Waals surface area contributed by atoms with Gasteiger partial charge in [-0.25, -0.2) is 0 Å². The Morgan fingerprint density at radius 1 is 1.44 bits per heavy atom. The second-order valence-electron chi connectivity index (χ2n) is 4.94. The Hall–Kier alpha value is -0.510. The van der Waals surface area contributed by atoms with Gasteiger partial charge in [-0.15, -0.1) is 0 Å². The van der Waals surface area contributed by atoms with Crippen LogP contribution in [0.5, 0.6) is 0 Å². The summed E-state index contributed by atoms with van der Waals surface area (Å²) in [6.07, 6.45) is 2.03. The Labute approximate surface area is 114 Å². The summed E-state index contributed by atoms with van der Waals surface area (Å²) in [6.45, 7) is 5.68. The molecule has 1 aromatic rings. The van der Waals surface area contributed by atoms with Crippen LogP contribution in [-0.4, -0.2) is 28.8 Å². The quantitative estimate of drug-likeness (QED) is 0.829. The first kappa shape index (κ1) is 13.9. The second kappa shape index (κ2) is 6.60. The van der Waals surface area contributed by atoms with E-state index in [1.165, 1.54) is 11.1 Å². The number of benzene rings is 1. The van der Waals surface area contributed by atoms with E-state index in [1.54, 1.807) is 0 Å². The normalized spacial score (nSPS) is 23.9. The molecule has 0 radical (unpaired) electrons. The molecule has 3 atom stereocenters. The van der Waals surface area contributed by atoms with Crippen LogP contribution < -0.4 is 5.32 Å². The first-order chi connectivity index (χ1) is 8.76. The Bertz CT molecular complexity index is 383. The maximum atomic E-state index is 9.02. The van der Waals surface area contributed by atoms with Gasteiger partial charge in [0.1, 0.15) is 0 Å². The van der Waals surface area contributed by atoms with Gasteiger partial charge in [-0.2, -0.15) is 11.8 Å². The van der Waals surface area contributed by atoms with Crippen molar-refractivity contribution < 1.29 is 5.11 Å². The number of hydrogen-bond acceptors (Lipinski definition) is 3. The lowest BCUT2D eigenvalue weighted by Gasteiger charge is -2.23. The topological polar surface area (TPSA) is 32.3 Å². The minimum atomic E-state index is 0.291. The summed E-state index contributed by atoms with van der Waals surface area (Å²) in [5.41, 5.74) is 2.95. The van der Waals surface area contributed by atoms with Gasteiger partial charge < -0.3 is 10.4 Å². The molecule has 0 bridgehead atoms. The van der Waals surface area contributed by atoms with Gasteiger partial charge in [0.25, 0.3) is 0 Å². The number of aliphatic hydroxyl groups excluding tert-OH is 1. The fourth-order valence-electron chi connectivity index (χ4n) is 2.69. The summed E-state index contributed by atoms with van der Waals surface area (Å²) in [6, 6.07) is 9.23. The fraction of sp³-hybridized carbons (Fsp3) is 0.600. The molecular formula is C15H23NOS. The molecule has 0 amide bonds. The van der Waals surface area contributed by atoms with Gasteiger partial charge >= 0.3 is 0 Å². The predicted octanol–water partition coefficient (Wildman–Crippen LogP) is 2.77. The van der Waals surface area contributed by atoms with Crippen molar-refractivity contribution >= 4 is 11.8 Å². The van der Waals surface area contributed by atoms with Crippen LogP contribution in [0.25, 0.3) is 0 Å². The van der Waals surface area contributed by atoms with Gasteiger partial charge in [-0.3, -0.25) is 0 Å². The van der Waals surface area contributed by atoms with Crippen LogP contribution in [0.1, 0.15) is 37.4 Å². The highest BCUT2D eigenvalue weighted by atomic mass is 32.2. The summed E-state index contributed by atoms with van der Waals surface area (Å²) in [4.78, 5) is 0. The summed E-state index contributed by atoms with van der Waals surface area (Å²) >= 11 is 2.01. The molecule has 2 rings (SSSR count). The van der Waals surface area contributed by atoms with Gasteiger partial charge in [-0.1, -0.05) is 38.1 Å². The average molecular weight is 265 g/mol. The Morgan fingerprint density at radius 3 is 2.94 bits per heavy atom. The maximum absolute atomic E-state index is 9.02. The van der Waals surface area contributed by atoms with Crippen molar-refractivity contribution in [1.82, 2.24) is 5.32 Å². The summed E-state index contributed by atoms with van der Waals surface area (Å²) < 4.78 is 0. The molecule has 0 saturated heterocycles. The minimum Gasteiger partial charge on any atom is -0.396 e. The Morgan fingerprint density at radius 2 is 2.22 bits per heavy atom. The number of hydrogen-bond donors (Lipinski definition) is 2. The average Bonchev–Trinajstić information content (AvgIpc) is 2.68. The van der Waals surface area contributed by atoms with Crippen LogP contribution in [0.3, 0.4) is 0 Å². The third-order valence-electron chi connectivity index (χ3n) is 3.55. The van der Waals surface area contributed by atoms with Crippen molar-refractivity contribution in [3.8, 4) is 0 Å². The molecule has 0 aromatic heterocycles. The van der Waals surface area contributed by atoms with Gasteiger partial charge in [0.15, 0.2) is 0 Å². The SMILES string of the molecule is CCNC1c2ccccc2CC1SC(C)CCO. The van der Waals surface area contributed by atoms with Crippen LogP contribution in [0, 0.1) is 0 Å². The smallest absolute Gasteiger partial charge is 0.0446 e. The van der Waals surface area contributed by atoms with E-state index < -0.39 is 0 Å². The summed E-state index contributed by atoms with van der Waals surface area (Å²) in [5, 5.41) is 13.8. The third-order valence-corrected chi connectivity index (χ3v) is 5.04. The largest absolute Gasteiger partial charge is 0.396 e. The molecule has 0 saturated carbocycles. The van der Waals surface area contributed by atoms with Gasteiger partial charge in [0.2, 0.25) is 0 Å². The molecule has 2 N–H and O–H groups in total. The first-order valence-electron chi connectivity index (χ1n) is 6.83. The maximum Gasteiger partial charge on any atom is 0.0446 e. The van der Waals surface area contributed by atoms with Crippen LogP contribution >= 0.6 is 11.8 Å². The lowest BCUT2D eigenvalue weighted by molar-refractivity contribution is 0.288. The highest BCUT2D eigenvalue weighted by Crippen LogP contribution is 2.40. The minimum absolute atomic E-state index is 0.291. The molecule has 3 heteroatoms. The Balaban J connectivity index is 2.08. The molecular weight excluding hydrogens is 242 g/mol. The standard InChI is InChI=1S/C15H23NOS/c1-3-16-15-13-7-5-4-6-12(13)10-14(15)18-11(2)8-9-17/h4-7,11,14-17H,3,8-10H2,1-2H3. The van der Waals surface area contributed by atoms with Crippen molar-refractivity contribution in [2.45, 2.75) is 43.2 Å². The van der Waals surface area contributed by atoms with Crippen LogP contribution in [0.15, 0.2) is 24.3 Å². The number of fused-ring (bicyclic) bond motifs is 1. The number of thioether (sulfide) groups is 1. The summed E-state index contributed by atoms with van der Waals surface area (Å²) in [7, 11) is 0. The van der Waals surface area contributed by atoms with Crippen LogP contribution in [0.2, 0.25) is 0 Å². The van der Waals surface area contributed by atoms with E-state index in [9.17, 15) is 0 Å². The van der Waals surface area contributed by atoms with Crippen molar-refractivity contribution in [3.63, 3.8) is 0 Å². The zero-order valence-electron chi connectivity index (χ0n) is 11.2. The number of rotatable bonds is 6. The predicted molar refractivity (Wildman–Crippen MR) is 79.1 cm³/mol. The van der Waals surface area contributed by atoms with E-state index in [0.29, 0.717) is 23.1 Å².